The Morgan fingerprint density at radius 2 is 1.82 bits per heavy atom. The number of benzene rings is 1. The predicted molar refractivity (Wildman–Crippen MR) is 84.1 cm³/mol. The Morgan fingerprint density at radius 1 is 1.14 bits per heavy atom. The smallest absolute Gasteiger partial charge is 0.234 e. The number of fused-ring (bicyclic) bond motifs is 1. The lowest BCUT2D eigenvalue weighted by Crippen LogP contribution is -2.61. The summed E-state index contributed by atoms with van der Waals surface area (Å²) < 4.78 is 10.7. The van der Waals surface area contributed by atoms with E-state index in [4.69, 9.17) is 9.47 Å². The van der Waals surface area contributed by atoms with Crippen LogP contribution in [-0.4, -0.2) is 43.7 Å². The van der Waals surface area contributed by atoms with Gasteiger partial charge in [0.25, 0.3) is 0 Å². The third-order valence-corrected chi connectivity index (χ3v) is 4.69. The first kappa shape index (κ1) is 15.2. The molecule has 1 saturated heterocycles. The highest BCUT2D eigenvalue weighted by Gasteiger charge is 2.36. The first-order chi connectivity index (χ1) is 10.7. The SMILES string of the molecule is COc1cc(CN2CC(=O)N[C@@H]3CCCC[C@H]32)cc(OC)c1. The maximum atomic E-state index is 12.0. The average molecular weight is 304 g/mol. The molecule has 0 aromatic heterocycles. The van der Waals surface area contributed by atoms with Crippen molar-refractivity contribution in [2.45, 2.75) is 44.3 Å². The number of carbonyl (C=O) groups is 1. The van der Waals surface area contributed by atoms with E-state index in [1.165, 1.54) is 12.8 Å². The molecule has 0 spiro atoms. The van der Waals surface area contributed by atoms with Crippen molar-refractivity contribution in [1.82, 2.24) is 10.2 Å². The number of hydrogen-bond donors (Lipinski definition) is 1. The molecule has 1 aromatic carbocycles. The Balaban J connectivity index is 1.79. The average Bonchev–Trinajstić information content (AvgIpc) is 2.54. The van der Waals surface area contributed by atoms with Gasteiger partial charge in [-0.3, -0.25) is 9.69 Å². The molecule has 1 amide bonds. The van der Waals surface area contributed by atoms with Gasteiger partial charge in [0.05, 0.1) is 20.8 Å². The van der Waals surface area contributed by atoms with Gasteiger partial charge >= 0.3 is 0 Å². The largest absolute Gasteiger partial charge is 0.497 e. The molecule has 1 heterocycles. The number of nitrogens with one attached hydrogen (secondary N) is 1. The standard InChI is InChI=1S/C17H24N2O3/c1-21-13-7-12(8-14(9-13)22-2)10-19-11-17(20)18-15-5-3-4-6-16(15)19/h7-9,15-16H,3-6,10-11H2,1-2H3,(H,18,20)/t15-,16-/m1/s1. The zero-order valence-corrected chi connectivity index (χ0v) is 13.3. The van der Waals surface area contributed by atoms with Crippen LogP contribution in [0.15, 0.2) is 18.2 Å². The summed E-state index contributed by atoms with van der Waals surface area (Å²) in [5, 5.41) is 3.15. The zero-order valence-electron chi connectivity index (χ0n) is 13.3. The van der Waals surface area contributed by atoms with Gasteiger partial charge < -0.3 is 14.8 Å². The first-order valence-electron chi connectivity index (χ1n) is 7.95. The van der Waals surface area contributed by atoms with Crippen molar-refractivity contribution in [3.63, 3.8) is 0 Å². The van der Waals surface area contributed by atoms with Gasteiger partial charge in [0.1, 0.15) is 11.5 Å². The van der Waals surface area contributed by atoms with Crippen LogP contribution in [-0.2, 0) is 11.3 Å². The minimum Gasteiger partial charge on any atom is -0.497 e. The second-order valence-electron chi connectivity index (χ2n) is 6.15. The van der Waals surface area contributed by atoms with E-state index in [0.717, 1.165) is 36.4 Å². The molecule has 120 valence electrons. The Labute approximate surface area is 131 Å². The Bertz CT molecular complexity index is 524. The van der Waals surface area contributed by atoms with Crippen molar-refractivity contribution in [3.05, 3.63) is 23.8 Å². The predicted octanol–water partition coefficient (Wildman–Crippen LogP) is 1.95. The quantitative estimate of drug-likeness (QED) is 0.924. The van der Waals surface area contributed by atoms with E-state index in [1.54, 1.807) is 14.2 Å². The van der Waals surface area contributed by atoms with Gasteiger partial charge in [-0.2, -0.15) is 0 Å². The van der Waals surface area contributed by atoms with E-state index in [2.05, 4.69) is 10.2 Å². The molecule has 1 N–H and O–H groups in total. The van der Waals surface area contributed by atoms with Crippen LogP contribution in [0.1, 0.15) is 31.2 Å². The van der Waals surface area contributed by atoms with E-state index < -0.39 is 0 Å². The van der Waals surface area contributed by atoms with Gasteiger partial charge in [-0.15, -0.1) is 0 Å². The van der Waals surface area contributed by atoms with Crippen LogP contribution in [0.3, 0.4) is 0 Å². The van der Waals surface area contributed by atoms with Crippen LogP contribution >= 0.6 is 0 Å². The number of nitrogens with zero attached hydrogens (tertiary/aromatic N) is 1. The number of methoxy groups -OCH3 is 2. The Hall–Kier alpha value is -1.75. The lowest BCUT2D eigenvalue weighted by Gasteiger charge is -2.44. The van der Waals surface area contributed by atoms with Gasteiger partial charge in [-0.05, 0) is 30.5 Å². The maximum absolute atomic E-state index is 12.0. The molecule has 2 aliphatic rings. The number of amides is 1. The maximum Gasteiger partial charge on any atom is 0.234 e. The molecule has 1 saturated carbocycles. The third kappa shape index (κ3) is 3.19. The second-order valence-corrected chi connectivity index (χ2v) is 6.15. The lowest BCUT2D eigenvalue weighted by molar-refractivity contribution is -0.128. The van der Waals surface area contributed by atoms with Crippen molar-refractivity contribution < 1.29 is 14.3 Å². The summed E-state index contributed by atoms with van der Waals surface area (Å²) in [5.41, 5.74) is 1.12. The minimum atomic E-state index is 0.137. The van der Waals surface area contributed by atoms with Crippen LogP contribution in [0.4, 0.5) is 0 Å². The Morgan fingerprint density at radius 3 is 2.50 bits per heavy atom. The second kappa shape index (κ2) is 6.57. The van der Waals surface area contributed by atoms with Crippen molar-refractivity contribution in [2.75, 3.05) is 20.8 Å². The highest BCUT2D eigenvalue weighted by Crippen LogP contribution is 2.29. The molecule has 1 aliphatic carbocycles. The number of hydrogen-bond acceptors (Lipinski definition) is 4. The first-order valence-corrected chi connectivity index (χ1v) is 7.95. The summed E-state index contributed by atoms with van der Waals surface area (Å²) in [7, 11) is 3.31. The molecular weight excluding hydrogens is 280 g/mol. The summed E-state index contributed by atoms with van der Waals surface area (Å²) in [6.07, 6.45) is 4.71. The van der Waals surface area contributed by atoms with Gasteiger partial charge in [0.2, 0.25) is 5.91 Å². The third-order valence-electron chi connectivity index (χ3n) is 4.69. The molecule has 3 rings (SSSR count). The van der Waals surface area contributed by atoms with E-state index in [-0.39, 0.29) is 5.91 Å². The molecule has 1 aromatic rings. The lowest BCUT2D eigenvalue weighted by atomic mass is 9.87. The highest BCUT2D eigenvalue weighted by atomic mass is 16.5. The minimum absolute atomic E-state index is 0.137. The fourth-order valence-electron chi connectivity index (χ4n) is 3.64. The van der Waals surface area contributed by atoms with E-state index in [9.17, 15) is 4.79 Å². The van der Waals surface area contributed by atoms with Gasteiger partial charge in [0.15, 0.2) is 0 Å². The van der Waals surface area contributed by atoms with Crippen LogP contribution in [0.2, 0.25) is 0 Å². The van der Waals surface area contributed by atoms with Crippen LogP contribution in [0.5, 0.6) is 11.5 Å². The molecule has 1 aliphatic heterocycles. The van der Waals surface area contributed by atoms with E-state index in [1.807, 2.05) is 18.2 Å². The molecule has 5 heteroatoms. The fraction of sp³-hybridized carbons (Fsp3) is 0.588. The van der Waals surface area contributed by atoms with Crippen LogP contribution < -0.4 is 14.8 Å². The molecule has 5 nitrogen and oxygen atoms in total. The van der Waals surface area contributed by atoms with Crippen molar-refractivity contribution >= 4 is 5.91 Å². The molecular formula is C17H24N2O3. The molecule has 0 unspecified atom stereocenters. The monoisotopic (exact) mass is 304 g/mol. The summed E-state index contributed by atoms with van der Waals surface area (Å²) in [5.74, 6) is 1.71. The number of rotatable bonds is 4. The van der Waals surface area contributed by atoms with E-state index in [0.29, 0.717) is 18.6 Å². The molecule has 22 heavy (non-hydrogen) atoms. The fourth-order valence-corrected chi connectivity index (χ4v) is 3.64. The number of ether oxygens (including phenoxy) is 2. The summed E-state index contributed by atoms with van der Waals surface area (Å²) >= 11 is 0. The summed E-state index contributed by atoms with van der Waals surface area (Å²) in [6, 6.07) is 6.67. The highest BCUT2D eigenvalue weighted by molar-refractivity contribution is 5.79. The van der Waals surface area contributed by atoms with Crippen LogP contribution in [0.25, 0.3) is 0 Å². The molecule has 0 radical (unpaired) electrons. The van der Waals surface area contributed by atoms with E-state index >= 15 is 0 Å². The zero-order chi connectivity index (χ0) is 15.5. The summed E-state index contributed by atoms with van der Waals surface area (Å²) in [6.45, 7) is 1.23. The van der Waals surface area contributed by atoms with Crippen molar-refractivity contribution in [1.29, 1.82) is 0 Å². The van der Waals surface area contributed by atoms with Gasteiger partial charge in [-0.1, -0.05) is 12.8 Å². The topological polar surface area (TPSA) is 50.8 Å². The van der Waals surface area contributed by atoms with Gasteiger partial charge in [-0.25, -0.2) is 0 Å². The molecule has 0 bridgehead atoms. The summed E-state index contributed by atoms with van der Waals surface area (Å²) in [4.78, 5) is 14.3. The Kier molecular flexibility index (Phi) is 4.52. The molecule has 2 atom stereocenters. The number of carbonyl (C=O) groups excluding carboxylic acids is 1. The normalized spacial score (nSPS) is 25.3. The van der Waals surface area contributed by atoms with Gasteiger partial charge in [0, 0.05) is 24.7 Å². The van der Waals surface area contributed by atoms with Crippen molar-refractivity contribution in [3.8, 4) is 11.5 Å². The number of piperazine rings is 1. The van der Waals surface area contributed by atoms with Crippen LogP contribution in [0, 0.1) is 0 Å². The van der Waals surface area contributed by atoms with Crippen molar-refractivity contribution in [2.24, 2.45) is 0 Å². The molecule has 2 fully saturated rings.